The van der Waals surface area contributed by atoms with Crippen LogP contribution in [0.4, 0.5) is 13.2 Å². The van der Waals surface area contributed by atoms with Crippen molar-refractivity contribution in [2.75, 3.05) is 13.2 Å². The van der Waals surface area contributed by atoms with Crippen LogP contribution in [0.2, 0.25) is 0 Å². The first-order chi connectivity index (χ1) is 13.8. The zero-order chi connectivity index (χ0) is 20.9. The highest BCUT2D eigenvalue weighted by atomic mass is 19.4. The van der Waals surface area contributed by atoms with Crippen LogP contribution in [0.3, 0.4) is 0 Å². The van der Waals surface area contributed by atoms with E-state index in [9.17, 15) is 18.0 Å². The third kappa shape index (κ3) is 6.32. The van der Waals surface area contributed by atoms with Crippen LogP contribution in [0.5, 0.6) is 0 Å². The molecule has 156 valence electrons. The van der Waals surface area contributed by atoms with E-state index < -0.39 is 11.7 Å². The fourth-order valence-electron chi connectivity index (χ4n) is 3.54. The van der Waals surface area contributed by atoms with Gasteiger partial charge < -0.3 is 10.1 Å². The molecule has 1 N–H and O–H groups in total. The Hall–Kier alpha value is -2.34. The van der Waals surface area contributed by atoms with Crippen molar-refractivity contribution in [2.24, 2.45) is 5.92 Å². The summed E-state index contributed by atoms with van der Waals surface area (Å²) in [7, 11) is 0. The Labute approximate surface area is 169 Å². The van der Waals surface area contributed by atoms with E-state index in [1.54, 1.807) is 6.07 Å². The second kappa shape index (κ2) is 9.44. The van der Waals surface area contributed by atoms with E-state index in [1.807, 2.05) is 37.3 Å². The second-order valence-corrected chi connectivity index (χ2v) is 7.65. The Kier molecular flexibility index (Phi) is 6.96. The number of halogens is 3. The van der Waals surface area contributed by atoms with E-state index in [1.165, 1.54) is 12.1 Å². The Bertz CT molecular complexity index is 803. The molecule has 6 heteroatoms. The second-order valence-electron chi connectivity index (χ2n) is 7.65. The van der Waals surface area contributed by atoms with Crippen molar-refractivity contribution in [1.82, 2.24) is 5.32 Å². The maximum atomic E-state index is 12.8. The summed E-state index contributed by atoms with van der Waals surface area (Å²) in [5.41, 5.74) is 0.976. The van der Waals surface area contributed by atoms with Crippen LogP contribution in [0.1, 0.15) is 42.4 Å². The number of ether oxygens (including phenoxy) is 1. The number of esters is 1. The summed E-state index contributed by atoms with van der Waals surface area (Å²) in [6.45, 7) is 2.60. The Morgan fingerprint density at radius 2 is 1.86 bits per heavy atom. The molecule has 3 nitrogen and oxygen atoms in total. The number of carbonyl (C=O) groups is 1. The first kappa shape index (κ1) is 21.4. The lowest BCUT2D eigenvalue weighted by Gasteiger charge is -2.18. The van der Waals surface area contributed by atoms with Crippen molar-refractivity contribution in [3.8, 4) is 0 Å². The number of benzene rings is 2. The number of alkyl halides is 3. The van der Waals surface area contributed by atoms with Crippen LogP contribution in [0, 0.1) is 5.92 Å². The van der Waals surface area contributed by atoms with Gasteiger partial charge >= 0.3 is 12.1 Å². The topological polar surface area (TPSA) is 38.3 Å². The quantitative estimate of drug-likeness (QED) is 0.473. The average molecular weight is 405 g/mol. The highest BCUT2D eigenvalue weighted by molar-refractivity contribution is 5.79. The van der Waals surface area contributed by atoms with Gasteiger partial charge in [0.25, 0.3) is 0 Å². The smallest absolute Gasteiger partial charge is 0.416 e. The molecule has 0 radical (unpaired) electrons. The molecule has 0 aliphatic heterocycles. The van der Waals surface area contributed by atoms with Gasteiger partial charge in [0.2, 0.25) is 0 Å². The van der Waals surface area contributed by atoms with Crippen LogP contribution in [-0.2, 0) is 22.1 Å². The number of carbonyl (C=O) groups excluding carboxylic acids is 1. The molecule has 0 saturated heterocycles. The SMILES string of the molecule is CC(Cc1cccc(C(F)(F)F)c1)NCCOC(=O)C(c1ccccc1)C1CC1. The summed E-state index contributed by atoms with van der Waals surface area (Å²) in [6.07, 6.45) is -1.79. The van der Waals surface area contributed by atoms with Crippen molar-refractivity contribution in [1.29, 1.82) is 0 Å². The van der Waals surface area contributed by atoms with E-state index in [4.69, 9.17) is 4.74 Å². The van der Waals surface area contributed by atoms with Crippen LogP contribution >= 0.6 is 0 Å². The molecule has 0 heterocycles. The molecule has 2 atom stereocenters. The molecule has 2 unspecified atom stereocenters. The summed E-state index contributed by atoms with van der Waals surface area (Å²) in [4.78, 5) is 12.5. The van der Waals surface area contributed by atoms with Crippen LogP contribution in [-0.4, -0.2) is 25.2 Å². The van der Waals surface area contributed by atoms with Gasteiger partial charge in [0, 0.05) is 12.6 Å². The number of hydrogen-bond acceptors (Lipinski definition) is 3. The highest BCUT2D eigenvalue weighted by Crippen LogP contribution is 2.43. The van der Waals surface area contributed by atoms with Gasteiger partial charge in [0.15, 0.2) is 0 Å². The zero-order valence-electron chi connectivity index (χ0n) is 16.4. The van der Waals surface area contributed by atoms with Gasteiger partial charge in [-0.25, -0.2) is 0 Å². The lowest BCUT2D eigenvalue weighted by Crippen LogP contribution is -2.32. The van der Waals surface area contributed by atoms with Crippen molar-refractivity contribution >= 4 is 5.97 Å². The van der Waals surface area contributed by atoms with Gasteiger partial charge in [0.1, 0.15) is 6.61 Å². The molecule has 2 aromatic rings. The molecule has 2 aromatic carbocycles. The minimum atomic E-state index is -4.34. The maximum Gasteiger partial charge on any atom is 0.416 e. The molecule has 29 heavy (non-hydrogen) atoms. The van der Waals surface area contributed by atoms with Gasteiger partial charge in [-0.2, -0.15) is 13.2 Å². The van der Waals surface area contributed by atoms with Gasteiger partial charge in [-0.15, -0.1) is 0 Å². The Balaban J connectivity index is 1.43. The first-order valence-electron chi connectivity index (χ1n) is 9.95. The molecule has 1 aliphatic rings. The molecule has 0 amide bonds. The van der Waals surface area contributed by atoms with Gasteiger partial charge in [-0.05, 0) is 49.3 Å². The molecule has 1 saturated carbocycles. The summed E-state index contributed by atoms with van der Waals surface area (Å²) in [5.74, 6) is -0.0533. The Morgan fingerprint density at radius 1 is 1.14 bits per heavy atom. The highest BCUT2D eigenvalue weighted by Gasteiger charge is 2.38. The standard InChI is InChI=1S/C23H26F3NO2/c1-16(14-17-6-5-9-20(15-17)23(24,25)26)27-12-13-29-22(28)21(19-10-11-19)18-7-3-2-4-8-18/h2-9,15-16,19,21,27H,10-14H2,1H3. The third-order valence-corrected chi connectivity index (χ3v) is 5.14. The fourth-order valence-corrected chi connectivity index (χ4v) is 3.54. The molecule has 1 fully saturated rings. The van der Waals surface area contributed by atoms with Crippen molar-refractivity contribution in [3.63, 3.8) is 0 Å². The van der Waals surface area contributed by atoms with E-state index in [-0.39, 0.29) is 24.5 Å². The molecule has 0 aromatic heterocycles. The van der Waals surface area contributed by atoms with Gasteiger partial charge in [-0.1, -0.05) is 48.5 Å². The largest absolute Gasteiger partial charge is 0.464 e. The zero-order valence-corrected chi connectivity index (χ0v) is 16.4. The van der Waals surface area contributed by atoms with E-state index >= 15 is 0 Å². The van der Waals surface area contributed by atoms with Crippen molar-refractivity contribution in [3.05, 3.63) is 71.3 Å². The monoisotopic (exact) mass is 405 g/mol. The van der Waals surface area contributed by atoms with Gasteiger partial charge in [0.05, 0.1) is 11.5 Å². The number of hydrogen-bond donors (Lipinski definition) is 1. The van der Waals surface area contributed by atoms with Crippen LogP contribution in [0.15, 0.2) is 54.6 Å². The van der Waals surface area contributed by atoms with Crippen molar-refractivity contribution < 1.29 is 22.7 Å². The first-order valence-corrected chi connectivity index (χ1v) is 9.95. The van der Waals surface area contributed by atoms with Crippen LogP contribution in [0.25, 0.3) is 0 Å². The molecule has 0 bridgehead atoms. The van der Waals surface area contributed by atoms with Crippen LogP contribution < -0.4 is 5.32 Å². The fraction of sp³-hybridized carbons (Fsp3) is 0.435. The lowest BCUT2D eigenvalue weighted by molar-refractivity contribution is -0.146. The predicted molar refractivity (Wildman–Crippen MR) is 105 cm³/mol. The number of rotatable bonds is 9. The summed E-state index contributed by atoms with van der Waals surface area (Å²) < 4.78 is 43.9. The molecule has 3 rings (SSSR count). The molecule has 0 spiro atoms. The minimum Gasteiger partial charge on any atom is -0.464 e. The third-order valence-electron chi connectivity index (χ3n) is 5.14. The minimum absolute atomic E-state index is 0.0365. The van der Waals surface area contributed by atoms with E-state index in [0.29, 0.717) is 24.4 Å². The maximum absolute atomic E-state index is 12.8. The van der Waals surface area contributed by atoms with E-state index in [0.717, 1.165) is 24.5 Å². The van der Waals surface area contributed by atoms with Crippen molar-refractivity contribution in [2.45, 2.75) is 44.3 Å². The number of nitrogens with one attached hydrogen (secondary N) is 1. The van der Waals surface area contributed by atoms with Gasteiger partial charge in [-0.3, -0.25) is 4.79 Å². The normalized spacial score (nSPS) is 16.3. The summed E-state index contributed by atoms with van der Waals surface area (Å²) >= 11 is 0. The average Bonchev–Trinajstić information content (AvgIpc) is 3.51. The molecule has 1 aliphatic carbocycles. The summed E-state index contributed by atoms with van der Waals surface area (Å²) in [6, 6.07) is 15.0. The summed E-state index contributed by atoms with van der Waals surface area (Å²) in [5, 5.41) is 3.21. The molecular weight excluding hydrogens is 379 g/mol. The predicted octanol–water partition coefficient (Wildman–Crippen LogP) is 4.96. The molecular formula is C23H26F3NO2. The Morgan fingerprint density at radius 3 is 2.52 bits per heavy atom. The lowest BCUT2D eigenvalue weighted by atomic mass is 9.94. The van der Waals surface area contributed by atoms with E-state index in [2.05, 4.69) is 5.32 Å².